The minimum absolute atomic E-state index is 0.151. The number of hydrogen-bond acceptors (Lipinski definition) is 3. The summed E-state index contributed by atoms with van der Waals surface area (Å²) in [6, 6.07) is 8.35. The Hall–Kier alpha value is -1.86. The van der Waals surface area contributed by atoms with E-state index < -0.39 is 6.10 Å². The lowest BCUT2D eigenvalue weighted by atomic mass is 9.92. The average molecular weight is 244 g/mol. The number of carbonyl (C=O) groups excluding carboxylic acids is 1. The maximum absolute atomic E-state index is 12.0. The average Bonchev–Trinajstić information content (AvgIpc) is 2.41. The van der Waals surface area contributed by atoms with Gasteiger partial charge in [-0.15, -0.1) is 0 Å². The Morgan fingerprint density at radius 1 is 1.28 bits per heavy atom. The first-order valence-corrected chi connectivity index (χ1v) is 6.20. The molecule has 4 nitrogen and oxygen atoms in total. The molecule has 0 unspecified atom stereocenters. The van der Waals surface area contributed by atoms with E-state index in [1.807, 2.05) is 6.07 Å². The molecule has 0 bridgehead atoms. The summed E-state index contributed by atoms with van der Waals surface area (Å²) in [7, 11) is 0. The molecule has 94 valence electrons. The van der Waals surface area contributed by atoms with Crippen LogP contribution in [0, 0.1) is 11.3 Å². The second kappa shape index (κ2) is 5.65. The van der Waals surface area contributed by atoms with Crippen LogP contribution in [0.1, 0.15) is 41.6 Å². The van der Waals surface area contributed by atoms with Gasteiger partial charge in [-0.05, 0) is 37.1 Å². The molecule has 4 heteroatoms. The molecule has 1 fully saturated rings. The lowest BCUT2D eigenvalue weighted by Crippen LogP contribution is -2.45. The van der Waals surface area contributed by atoms with E-state index >= 15 is 0 Å². The maximum Gasteiger partial charge on any atom is 0.251 e. The monoisotopic (exact) mass is 244 g/mol. The number of carbonyl (C=O) groups is 1. The van der Waals surface area contributed by atoms with E-state index in [0.717, 1.165) is 25.7 Å². The standard InChI is InChI=1S/C14H16N2O2/c15-9-10-5-7-11(8-6-10)14(18)16-12-3-1-2-4-13(12)17/h5-8,12-13,17H,1-4H2,(H,16,18)/t12-,13-/m1/s1. The van der Waals surface area contributed by atoms with Crippen LogP contribution < -0.4 is 5.32 Å². The SMILES string of the molecule is N#Cc1ccc(C(=O)N[C@@H]2CCCC[C@H]2O)cc1. The van der Waals surface area contributed by atoms with Crippen LogP contribution in [0.5, 0.6) is 0 Å². The minimum atomic E-state index is -0.443. The van der Waals surface area contributed by atoms with Crippen molar-refractivity contribution in [2.75, 3.05) is 0 Å². The van der Waals surface area contributed by atoms with Crippen molar-refractivity contribution in [3.05, 3.63) is 35.4 Å². The summed E-state index contributed by atoms with van der Waals surface area (Å²) in [6.07, 6.45) is 3.18. The fraction of sp³-hybridized carbons (Fsp3) is 0.429. The zero-order valence-corrected chi connectivity index (χ0v) is 10.1. The van der Waals surface area contributed by atoms with Crippen LogP contribution in [0.4, 0.5) is 0 Å². The van der Waals surface area contributed by atoms with Gasteiger partial charge in [0.25, 0.3) is 5.91 Å². The summed E-state index contributed by atoms with van der Waals surface area (Å²) < 4.78 is 0. The second-order valence-corrected chi connectivity index (χ2v) is 4.62. The summed E-state index contributed by atoms with van der Waals surface area (Å²) in [5, 5.41) is 21.3. The molecule has 1 aromatic rings. The van der Waals surface area contributed by atoms with Gasteiger partial charge in [-0.25, -0.2) is 0 Å². The number of nitrogens with zero attached hydrogens (tertiary/aromatic N) is 1. The molecule has 0 saturated heterocycles. The van der Waals surface area contributed by atoms with E-state index in [9.17, 15) is 9.90 Å². The zero-order chi connectivity index (χ0) is 13.0. The number of aliphatic hydroxyl groups is 1. The van der Waals surface area contributed by atoms with Crippen molar-refractivity contribution in [3.63, 3.8) is 0 Å². The van der Waals surface area contributed by atoms with Gasteiger partial charge in [0, 0.05) is 5.56 Å². The molecular weight excluding hydrogens is 228 g/mol. The van der Waals surface area contributed by atoms with E-state index in [4.69, 9.17) is 5.26 Å². The van der Waals surface area contributed by atoms with Gasteiger partial charge in [0.2, 0.25) is 0 Å². The molecule has 0 aliphatic heterocycles. The molecule has 1 aliphatic carbocycles. The van der Waals surface area contributed by atoms with Gasteiger partial charge in [-0.2, -0.15) is 5.26 Å². The van der Waals surface area contributed by atoms with Crippen molar-refractivity contribution in [2.24, 2.45) is 0 Å². The van der Waals surface area contributed by atoms with Crippen molar-refractivity contribution < 1.29 is 9.90 Å². The summed E-state index contributed by atoms with van der Waals surface area (Å²) in [5.74, 6) is -0.189. The lowest BCUT2D eigenvalue weighted by molar-refractivity contribution is 0.0717. The topological polar surface area (TPSA) is 73.1 Å². The molecule has 1 amide bonds. The molecule has 2 rings (SSSR count). The Bertz CT molecular complexity index is 462. The van der Waals surface area contributed by atoms with Gasteiger partial charge in [0.05, 0.1) is 23.8 Å². The summed E-state index contributed by atoms with van der Waals surface area (Å²) in [6.45, 7) is 0. The quantitative estimate of drug-likeness (QED) is 0.829. The fourth-order valence-electron chi connectivity index (χ4n) is 2.23. The first kappa shape index (κ1) is 12.6. The Balaban J connectivity index is 2.00. The number of nitriles is 1. The predicted octanol–water partition coefficient (Wildman–Crippen LogP) is 1.59. The molecule has 2 atom stereocenters. The smallest absolute Gasteiger partial charge is 0.251 e. The van der Waals surface area contributed by atoms with Crippen molar-refractivity contribution in [3.8, 4) is 6.07 Å². The number of nitrogens with one attached hydrogen (secondary N) is 1. The molecule has 0 aromatic heterocycles. The summed E-state index contributed by atoms with van der Waals surface area (Å²) in [5.41, 5.74) is 1.05. The molecular formula is C14H16N2O2. The van der Waals surface area contributed by atoms with Crippen molar-refractivity contribution >= 4 is 5.91 Å². The largest absolute Gasteiger partial charge is 0.391 e. The number of amides is 1. The van der Waals surface area contributed by atoms with Gasteiger partial charge < -0.3 is 10.4 Å². The maximum atomic E-state index is 12.0. The molecule has 1 saturated carbocycles. The first-order chi connectivity index (χ1) is 8.70. The van der Waals surface area contributed by atoms with Crippen LogP contribution in [0.15, 0.2) is 24.3 Å². The predicted molar refractivity (Wildman–Crippen MR) is 66.9 cm³/mol. The van der Waals surface area contributed by atoms with Gasteiger partial charge >= 0.3 is 0 Å². The Kier molecular flexibility index (Phi) is 3.96. The minimum Gasteiger partial charge on any atom is -0.391 e. The van der Waals surface area contributed by atoms with Gasteiger partial charge in [0.1, 0.15) is 0 Å². The Morgan fingerprint density at radius 2 is 1.94 bits per heavy atom. The van der Waals surface area contributed by atoms with Crippen LogP contribution in [-0.2, 0) is 0 Å². The molecule has 0 spiro atoms. The molecule has 0 heterocycles. The Morgan fingerprint density at radius 3 is 2.56 bits per heavy atom. The third-order valence-corrected chi connectivity index (χ3v) is 3.32. The van der Waals surface area contributed by atoms with Crippen LogP contribution in [0.3, 0.4) is 0 Å². The van der Waals surface area contributed by atoms with E-state index in [2.05, 4.69) is 5.32 Å². The van der Waals surface area contributed by atoms with Crippen LogP contribution >= 0.6 is 0 Å². The van der Waals surface area contributed by atoms with E-state index in [0.29, 0.717) is 11.1 Å². The van der Waals surface area contributed by atoms with Gasteiger partial charge in [0.15, 0.2) is 0 Å². The number of rotatable bonds is 2. The molecule has 1 aromatic carbocycles. The van der Waals surface area contributed by atoms with Crippen molar-refractivity contribution in [2.45, 2.75) is 37.8 Å². The molecule has 18 heavy (non-hydrogen) atoms. The second-order valence-electron chi connectivity index (χ2n) is 4.62. The zero-order valence-electron chi connectivity index (χ0n) is 10.1. The van der Waals surface area contributed by atoms with Crippen molar-refractivity contribution in [1.82, 2.24) is 5.32 Å². The van der Waals surface area contributed by atoms with Crippen LogP contribution in [-0.4, -0.2) is 23.2 Å². The molecule has 0 radical (unpaired) electrons. The van der Waals surface area contributed by atoms with E-state index in [1.54, 1.807) is 24.3 Å². The molecule has 2 N–H and O–H groups in total. The number of benzene rings is 1. The number of hydrogen-bond donors (Lipinski definition) is 2. The van der Waals surface area contributed by atoms with Crippen molar-refractivity contribution in [1.29, 1.82) is 5.26 Å². The number of aliphatic hydroxyl groups excluding tert-OH is 1. The summed E-state index contributed by atoms with van der Waals surface area (Å²) in [4.78, 5) is 12.0. The highest BCUT2D eigenvalue weighted by Gasteiger charge is 2.24. The van der Waals surface area contributed by atoms with Crippen LogP contribution in [0.25, 0.3) is 0 Å². The van der Waals surface area contributed by atoms with E-state index in [1.165, 1.54) is 0 Å². The highest BCUT2D eigenvalue weighted by molar-refractivity contribution is 5.94. The highest BCUT2D eigenvalue weighted by Crippen LogP contribution is 2.18. The molecule has 1 aliphatic rings. The third kappa shape index (κ3) is 2.88. The van der Waals surface area contributed by atoms with Crippen LogP contribution in [0.2, 0.25) is 0 Å². The van der Waals surface area contributed by atoms with Gasteiger partial charge in [-0.3, -0.25) is 4.79 Å². The highest BCUT2D eigenvalue weighted by atomic mass is 16.3. The van der Waals surface area contributed by atoms with Gasteiger partial charge in [-0.1, -0.05) is 12.8 Å². The Labute approximate surface area is 106 Å². The summed E-state index contributed by atoms with van der Waals surface area (Å²) >= 11 is 0. The normalized spacial score (nSPS) is 23.1. The third-order valence-electron chi connectivity index (χ3n) is 3.32. The lowest BCUT2D eigenvalue weighted by Gasteiger charge is -2.28. The first-order valence-electron chi connectivity index (χ1n) is 6.20. The van der Waals surface area contributed by atoms with E-state index in [-0.39, 0.29) is 11.9 Å². The fourth-order valence-corrected chi connectivity index (χ4v) is 2.23.